The monoisotopic (exact) mass is 452 g/mol. The van der Waals surface area contributed by atoms with E-state index >= 15 is 0 Å². The number of likely N-dealkylation sites (N-methyl/N-ethyl adjacent to an activating group) is 1. The molecule has 1 N–H and O–H groups in total. The first-order valence-electron chi connectivity index (χ1n) is 9.19. The summed E-state index contributed by atoms with van der Waals surface area (Å²) in [5.41, 5.74) is 1.64. The molecule has 0 unspecified atom stereocenters. The van der Waals surface area contributed by atoms with Gasteiger partial charge >= 0.3 is 0 Å². The van der Waals surface area contributed by atoms with E-state index in [4.69, 9.17) is 11.6 Å². The maximum absolute atomic E-state index is 12.9. The first-order chi connectivity index (χ1) is 14.1. The molecule has 2 aromatic rings. The van der Waals surface area contributed by atoms with E-state index in [1.165, 1.54) is 11.9 Å². The fourth-order valence-electron chi connectivity index (χ4n) is 2.61. The minimum absolute atomic E-state index is 0.136. The number of pyridine rings is 1. The van der Waals surface area contributed by atoms with Crippen LogP contribution in [0.4, 0.5) is 0 Å². The number of nitrogens with one attached hydrogen (secondary N) is 1. The van der Waals surface area contributed by atoms with Crippen LogP contribution in [0.3, 0.4) is 0 Å². The summed E-state index contributed by atoms with van der Waals surface area (Å²) in [4.78, 5) is 30.9. The molecule has 0 bridgehead atoms. The van der Waals surface area contributed by atoms with E-state index in [9.17, 15) is 18.0 Å². The van der Waals surface area contributed by atoms with Crippen LogP contribution in [0, 0.1) is 0 Å². The van der Waals surface area contributed by atoms with Gasteiger partial charge in [0.15, 0.2) is 0 Å². The van der Waals surface area contributed by atoms with E-state index in [2.05, 4.69) is 10.3 Å². The van der Waals surface area contributed by atoms with Crippen molar-refractivity contribution in [1.82, 2.24) is 19.5 Å². The minimum atomic E-state index is -3.54. The standard InChI is InChI=1S/C20H25ClN4O4S/c1-15(20(27)23-12-16-8-10-22-11-9-16)25(13-17-4-6-18(21)7-5-17)19(26)14-24(2)30(3,28)29/h4-11,15H,12-14H2,1-3H3,(H,23,27)/t15-/m1/s1. The van der Waals surface area contributed by atoms with Crippen LogP contribution in [0.2, 0.25) is 5.02 Å². The number of rotatable bonds is 9. The van der Waals surface area contributed by atoms with Crippen molar-refractivity contribution in [2.24, 2.45) is 0 Å². The second-order valence-corrected chi connectivity index (χ2v) is 9.44. The molecule has 2 rings (SSSR count). The van der Waals surface area contributed by atoms with Crippen LogP contribution in [-0.4, -0.2) is 60.3 Å². The molecule has 0 aliphatic rings. The fourth-order valence-corrected chi connectivity index (χ4v) is 3.08. The highest BCUT2D eigenvalue weighted by Crippen LogP contribution is 2.14. The smallest absolute Gasteiger partial charge is 0.242 e. The van der Waals surface area contributed by atoms with E-state index in [1.54, 1.807) is 55.7 Å². The number of benzene rings is 1. The van der Waals surface area contributed by atoms with E-state index in [-0.39, 0.29) is 25.5 Å². The van der Waals surface area contributed by atoms with Crippen LogP contribution in [-0.2, 0) is 32.7 Å². The number of sulfonamides is 1. The lowest BCUT2D eigenvalue weighted by atomic mass is 10.1. The van der Waals surface area contributed by atoms with Crippen molar-refractivity contribution >= 4 is 33.4 Å². The number of hydrogen-bond donors (Lipinski definition) is 1. The van der Waals surface area contributed by atoms with Gasteiger partial charge in [-0.2, -0.15) is 4.31 Å². The average molecular weight is 453 g/mol. The predicted octanol–water partition coefficient (Wildman–Crippen LogP) is 1.66. The van der Waals surface area contributed by atoms with Crippen molar-refractivity contribution in [2.45, 2.75) is 26.1 Å². The molecule has 10 heteroatoms. The summed E-state index contributed by atoms with van der Waals surface area (Å²) < 4.78 is 24.4. The van der Waals surface area contributed by atoms with Crippen molar-refractivity contribution in [3.8, 4) is 0 Å². The Hall–Kier alpha value is -2.49. The Bertz CT molecular complexity index is 968. The van der Waals surface area contributed by atoms with Gasteiger partial charge in [0, 0.05) is 37.6 Å². The Morgan fingerprint density at radius 2 is 1.70 bits per heavy atom. The summed E-state index contributed by atoms with van der Waals surface area (Å²) >= 11 is 5.92. The molecule has 1 atom stereocenters. The molecular formula is C20H25ClN4O4S. The van der Waals surface area contributed by atoms with E-state index in [1.807, 2.05) is 0 Å². The number of halogens is 1. The Labute approximate surface area is 181 Å². The minimum Gasteiger partial charge on any atom is -0.350 e. The molecule has 0 saturated heterocycles. The summed E-state index contributed by atoms with van der Waals surface area (Å²) in [6.07, 6.45) is 4.28. The number of carbonyl (C=O) groups excluding carboxylic acids is 2. The van der Waals surface area contributed by atoms with E-state index in [0.717, 1.165) is 21.7 Å². The van der Waals surface area contributed by atoms with Crippen LogP contribution in [0.25, 0.3) is 0 Å². The maximum atomic E-state index is 12.9. The largest absolute Gasteiger partial charge is 0.350 e. The highest BCUT2D eigenvalue weighted by atomic mass is 35.5. The SMILES string of the molecule is C[C@H](C(=O)NCc1ccncc1)N(Cc1ccc(Cl)cc1)C(=O)CN(C)S(C)(=O)=O. The molecule has 2 amide bonds. The Morgan fingerprint density at radius 1 is 1.10 bits per heavy atom. The lowest BCUT2D eigenvalue weighted by molar-refractivity contribution is -0.140. The quantitative estimate of drug-likeness (QED) is 0.623. The number of aromatic nitrogens is 1. The molecule has 0 fully saturated rings. The molecular weight excluding hydrogens is 428 g/mol. The van der Waals surface area contributed by atoms with Crippen molar-refractivity contribution in [3.05, 3.63) is 64.9 Å². The van der Waals surface area contributed by atoms with Gasteiger partial charge in [0.2, 0.25) is 21.8 Å². The zero-order valence-electron chi connectivity index (χ0n) is 17.1. The van der Waals surface area contributed by atoms with Crippen LogP contribution in [0.5, 0.6) is 0 Å². The van der Waals surface area contributed by atoms with Crippen LogP contribution < -0.4 is 5.32 Å². The zero-order valence-corrected chi connectivity index (χ0v) is 18.7. The Morgan fingerprint density at radius 3 is 2.27 bits per heavy atom. The lowest BCUT2D eigenvalue weighted by Gasteiger charge is -2.30. The van der Waals surface area contributed by atoms with Crippen LogP contribution in [0.1, 0.15) is 18.1 Å². The van der Waals surface area contributed by atoms with Gasteiger partial charge in [0.05, 0.1) is 12.8 Å². The number of carbonyl (C=O) groups is 2. The van der Waals surface area contributed by atoms with Crippen molar-refractivity contribution < 1.29 is 18.0 Å². The second kappa shape index (κ2) is 10.5. The first kappa shape index (κ1) is 23.8. The van der Waals surface area contributed by atoms with Gasteiger partial charge in [-0.05, 0) is 42.3 Å². The molecule has 1 aromatic carbocycles. The molecule has 0 aliphatic heterocycles. The van der Waals surface area contributed by atoms with Gasteiger partial charge in [-0.15, -0.1) is 0 Å². The fraction of sp³-hybridized carbons (Fsp3) is 0.350. The predicted molar refractivity (Wildman–Crippen MR) is 115 cm³/mol. The van der Waals surface area contributed by atoms with Crippen molar-refractivity contribution in [1.29, 1.82) is 0 Å². The number of hydrogen-bond acceptors (Lipinski definition) is 5. The molecule has 162 valence electrons. The van der Waals surface area contributed by atoms with Crippen LogP contribution in [0.15, 0.2) is 48.8 Å². The third-order valence-electron chi connectivity index (χ3n) is 4.57. The van der Waals surface area contributed by atoms with E-state index in [0.29, 0.717) is 5.02 Å². The molecule has 0 spiro atoms. The van der Waals surface area contributed by atoms with Crippen molar-refractivity contribution in [3.63, 3.8) is 0 Å². The first-order valence-corrected chi connectivity index (χ1v) is 11.4. The Balaban J connectivity index is 2.16. The Kier molecular flexibility index (Phi) is 8.33. The topological polar surface area (TPSA) is 99.7 Å². The summed E-state index contributed by atoms with van der Waals surface area (Å²) in [6.45, 7) is 1.67. The number of amides is 2. The normalized spacial score (nSPS) is 12.4. The van der Waals surface area contributed by atoms with E-state index < -0.39 is 22.0 Å². The third-order valence-corrected chi connectivity index (χ3v) is 6.09. The molecule has 8 nitrogen and oxygen atoms in total. The van der Waals surface area contributed by atoms with Gasteiger partial charge < -0.3 is 10.2 Å². The summed E-state index contributed by atoms with van der Waals surface area (Å²) in [5, 5.41) is 3.35. The van der Waals surface area contributed by atoms with Gasteiger partial charge in [-0.1, -0.05) is 23.7 Å². The lowest BCUT2D eigenvalue weighted by Crippen LogP contribution is -2.50. The molecule has 1 heterocycles. The summed E-state index contributed by atoms with van der Waals surface area (Å²) in [7, 11) is -2.22. The second-order valence-electron chi connectivity index (χ2n) is 6.92. The highest BCUT2D eigenvalue weighted by Gasteiger charge is 2.28. The number of nitrogens with zero attached hydrogens (tertiary/aromatic N) is 3. The van der Waals surface area contributed by atoms with Crippen molar-refractivity contribution in [2.75, 3.05) is 19.8 Å². The average Bonchev–Trinajstić information content (AvgIpc) is 2.71. The maximum Gasteiger partial charge on any atom is 0.242 e. The molecule has 0 radical (unpaired) electrons. The molecule has 1 aromatic heterocycles. The van der Waals surface area contributed by atoms with Gasteiger partial charge in [0.25, 0.3) is 0 Å². The van der Waals surface area contributed by atoms with Gasteiger partial charge in [-0.25, -0.2) is 8.42 Å². The molecule has 30 heavy (non-hydrogen) atoms. The third kappa shape index (κ3) is 7.08. The van der Waals surface area contributed by atoms with Crippen LogP contribution >= 0.6 is 11.6 Å². The highest BCUT2D eigenvalue weighted by molar-refractivity contribution is 7.88. The molecule has 0 saturated carbocycles. The summed E-state index contributed by atoms with van der Waals surface area (Å²) in [6, 6.07) is 9.63. The van der Waals surface area contributed by atoms with Gasteiger partial charge in [0.1, 0.15) is 6.04 Å². The molecule has 0 aliphatic carbocycles. The zero-order chi connectivity index (χ0) is 22.3. The summed E-state index contributed by atoms with van der Waals surface area (Å²) in [5.74, 6) is -0.833. The van der Waals surface area contributed by atoms with Gasteiger partial charge in [-0.3, -0.25) is 14.6 Å².